The molecule has 366 valence electrons. The molecule has 12 heteroatoms. The number of ether oxygens (including phenoxy) is 2. The van der Waals surface area contributed by atoms with Gasteiger partial charge >= 0.3 is 5.97 Å². The fourth-order valence-electron chi connectivity index (χ4n) is 15.0. The van der Waals surface area contributed by atoms with Gasteiger partial charge in [0.1, 0.15) is 17.3 Å². The summed E-state index contributed by atoms with van der Waals surface area (Å²) in [6.07, 6.45) is 17.9. The van der Waals surface area contributed by atoms with E-state index in [9.17, 15) is 15.3 Å². The number of para-hydroxylation sites is 1. The second-order valence-electron chi connectivity index (χ2n) is 21.6. The Kier molecular flexibility index (Phi) is 13.5. The average Bonchev–Trinajstić information content (AvgIpc) is 4.00. The molecule has 1 saturated carbocycles. The van der Waals surface area contributed by atoms with Crippen LogP contribution in [0.4, 0.5) is 5.69 Å². The van der Waals surface area contributed by atoms with Crippen molar-refractivity contribution in [1.29, 1.82) is 0 Å². The van der Waals surface area contributed by atoms with Crippen LogP contribution in [-0.4, -0.2) is 132 Å². The molecule has 67 heavy (non-hydrogen) atoms. The van der Waals surface area contributed by atoms with Crippen LogP contribution in [0, 0.1) is 11.3 Å². The number of unbranched alkanes of at least 4 members (excludes halogenated alkanes) is 9. The number of benzene rings is 2. The van der Waals surface area contributed by atoms with Gasteiger partial charge in [0.25, 0.3) is 5.91 Å². The number of aliphatic hydroxyl groups excluding tert-OH is 1. The summed E-state index contributed by atoms with van der Waals surface area (Å²) in [5, 5.41) is 42.7. The van der Waals surface area contributed by atoms with Crippen LogP contribution < -0.4 is 15.0 Å². The molecule has 6 aliphatic rings. The summed E-state index contributed by atoms with van der Waals surface area (Å²) in [5.41, 5.74) is -1.08. The van der Waals surface area contributed by atoms with E-state index < -0.39 is 51.5 Å². The van der Waals surface area contributed by atoms with Crippen molar-refractivity contribution in [3.63, 3.8) is 0 Å². The molecule has 12 nitrogen and oxygen atoms in total. The van der Waals surface area contributed by atoms with Gasteiger partial charge in [0.05, 0.1) is 25.9 Å². The number of hydrogen-bond donors (Lipinski definition) is 5. The van der Waals surface area contributed by atoms with Crippen molar-refractivity contribution in [2.75, 3.05) is 65.4 Å². The summed E-state index contributed by atoms with van der Waals surface area (Å²) in [6.45, 7) is 10.2. The summed E-state index contributed by atoms with van der Waals surface area (Å²) in [7, 11) is 5.05. The first-order valence-corrected chi connectivity index (χ1v) is 26.0. The molecular weight excluding hydrogens is 843 g/mol. The first-order valence-electron chi connectivity index (χ1n) is 26.0. The van der Waals surface area contributed by atoms with Crippen LogP contribution in [0.25, 0.3) is 10.9 Å². The summed E-state index contributed by atoms with van der Waals surface area (Å²) in [5.74, 6) is -0.514. The highest BCUT2D eigenvalue weighted by Crippen LogP contribution is 2.67. The van der Waals surface area contributed by atoms with Crippen LogP contribution in [0.3, 0.4) is 0 Å². The summed E-state index contributed by atoms with van der Waals surface area (Å²) in [6, 6.07) is 11.3. The fraction of sp³-hybridized carbons (Fsp3) is 0.673. The van der Waals surface area contributed by atoms with Crippen molar-refractivity contribution in [2.24, 2.45) is 11.3 Å². The lowest BCUT2D eigenvalue weighted by Gasteiger charge is -2.63. The number of fused-ring (bicyclic) bond motifs is 6. The van der Waals surface area contributed by atoms with Gasteiger partial charge in [-0.25, -0.2) is 0 Å². The topological polar surface area (TPSA) is 151 Å². The molecule has 3 aromatic rings. The third kappa shape index (κ3) is 7.47. The van der Waals surface area contributed by atoms with Crippen molar-refractivity contribution in [2.45, 2.75) is 164 Å². The number of aromatic nitrogens is 1. The molecule has 2 saturated heterocycles. The van der Waals surface area contributed by atoms with Gasteiger partial charge in [0, 0.05) is 90.6 Å². The SMILES string of the molecule is CCCCCCCCCCCCNC(=O)C1(O)C(O)C2(CC)C=CCN3CCC4(c5cc(C6(C(=O)OC)CC7CN(CCc8c6[nH]c6ccccc86)CC(O)(CC)C7)c(OC)cc5N(C)C14)C32. The van der Waals surface area contributed by atoms with Gasteiger partial charge in [-0.1, -0.05) is 109 Å². The Morgan fingerprint density at radius 3 is 2.33 bits per heavy atom. The Labute approximate surface area is 398 Å². The highest BCUT2D eigenvalue weighted by atomic mass is 16.5. The van der Waals surface area contributed by atoms with Crippen LogP contribution in [-0.2, 0) is 31.6 Å². The van der Waals surface area contributed by atoms with Crippen molar-refractivity contribution < 1.29 is 34.4 Å². The monoisotopic (exact) mass is 922 g/mol. The van der Waals surface area contributed by atoms with Gasteiger partial charge in [0.15, 0.2) is 5.60 Å². The number of methoxy groups -OCH3 is 2. The number of anilines is 1. The molecule has 5 aliphatic heterocycles. The minimum atomic E-state index is -2.19. The number of H-pyrrole nitrogens is 1. The fourth-order valence-corrected chi connectivity index (χ4v) is 15.0. The molecular formula is C55H79N5O7. The maximum absolute atomic E-state index is 15.5. The van der Waals surface area contributed by atoms with Crippen molar-refractivity contribution >= 4 is 28.5 Å². The molecule has 10 atom stereocenters. The van der Waals surface area contributed by atoms with Gasteiger partial charge in [-0.15, -0.1) is 0 Å². The lowest BCUT2D eigenvalue weighted by atomic mass is 9.47. The number of carbonyl (C=O) groups excluding carboxylic acids is 2. The lowest BCUT2D eigenvalue weighted by Crippen LogP contribution is -2.81. The molecule has 10 unspecified atom stereocenters. The first-order chi connectivity index (χ1) is 32.3. The van der Waals surface area contributed by atoms with Crippen molar-refractivity contribution in [1.82, 2.24) is 20.1 Å². The highest BCUT2D eigenvalue weighted by molar-refractivity contribution is 5.95. The maximum atomic E-state index is 15.5. The van der Waals surface area contributed by atoms with Crippen LogP contribution in [0.15, 0.2) is 48.6 Å². The van der Waals surface area contributed by atoms with E-state index in [0.717, 1.165) is 65.8 Å². The number of nitrogens with zero attached hydrogens (tertiary/aromatic N) is 3. The van der Waals surface area contributed by atoms with E-state index in [1.807, 2.05) is 37.1 Å². The Morgan fingerprint density at radius 2 is 1.63 bits per heavy atom. The van der Waals surface area contributed by atoms with E-state index in [1.54, 1.807) is 7.11 Å². The van der Waals surface area contributed by atoms with E-state index in [-0.39, 0.29) is 12.0 Å². The minimum Gasteiger partial charge on any atom is -0.496 e. The van der Waals surface area contributed by atoms with Crippen LogP contribution in [0.2, 0.25) is 0 Å². The summed E-state index contributed by atoms with van der Waals surface area (Å²) < 4.78 is 12.5. The second-order valence-corrected chi connectivity index (χ2v) is 21.6. The maximum Gasteiger partial charge on any atom is 0.322 e. The predicted molar refractivity (Wildman–Crippen MR) is 264 cm³/mol. The smallest absolute Gasteiger partial charge is 0.322 e. The van der Waals surface area contributed by atoms with E-state index in [2.05, 4.69) is 64.3 Å². The molecule has 1 aliphatic carbocycles. The predicted octanol–water partition coefficient (Wildman–Crippen LogP) is 7.28. The number of esters is 1. The van der Waals surface area contributed by atoms with Gasteiger partial charge in [-0.05, 0) is 80.7 Å². The number of likely N-dealkylation sites (N-methyl/N-ethyl adjacent to an activating group) is 1. The molecule has 0 radical (unpaired) electrons. The molecule has 1 spiro atoms. The van der Waals surface area contributed by atoms with Crippen LogP contribution in [0.5, 0.6) is 5.75 Å². The van der Waals surface area contributed by atoms with Crippen LogP contribution >= 0.6 is 0 Å². The number of amides is 1. The Balaban J connectivity index is 1.17. The van der Waals surface area contributed by atoms with Gasteiger partial charge < -0.3 is 40.0 Å². The molecule has 2 aromatic carbocycles. The number of aliphatic hydroxyl groups is 3. The third-order valence-electron chi connectivity index (χ3n) is 18.0. The first kappa shape index (κ1) is 48.1. The van der Waals surface area contributed by atoms with E-state index in [4.69, 9.17) is 9.47 Å². The molecule has 1 amide bonds. The van der Waals surface area contributed by atoms with Gasteiger partial charge in [-0.2, -0.15) is 0 Å². The number of aromatic amines is 1. The third-order valence-corrected chi connectivity index (χ3v) is 18.0. The molecule has 1 aromatic heterocycles. The number of carbonyl (C=O) groups is 2. The average molecular weight is 922 g/mol. The largest absolute Gasteiger partial charge is 0.496 e. The Hall–Kier alpha value is -3.94. The van der Waals surface area contributed by atoms with Crippen molar-refractivity contribution in [3.8, 4) is 5.75 Å². The van der Waals surface area contributed by atoms with Crippen LogP contribution in [0.1, 0.15) is 139 Å². The Morgan fingerprint density at radius 1 is 0.896 bits per heavy atom. The Bertz CT molecular complexity index is 2330. The van der Waals surface area contributed by atoms with Crippen molar-refractivity contribution in [3.05, 3.63) is 70.9 Å². The van der Waals surface area contributed by atoms with Gasteiger partial charge in [-0.3, -0.25) is 19.4 Å². The minimum absolute atomic E-state index is 0.0749. The zero-order valence-corrected chi connectivity index (χ0v) is 41.3. The van der Waals surface area contributed by atoms with E-state index >= 15 is 9.59 Å². The molecule has 6 heterocycles. The zero-order chi connectivity index (χ0) is 47.4. The normalized spacial score (nSPS) is 34.1. The standard InChI is InChI=1S/C55H79N5O7/c1-7-10-11-12-13-14-15-16-17-20-27-56-49(62)55(65)47-53(26-30-60-28-21-25-52(9-3,46(53)60)48(55)61)40-31-41(44(66-5)32-43(40)58(47)4)54(50(63)67-6)34-37-33-51(64,8-2)36-59(35-37)29-24-39-38-22-18-19-23-42(38)57-45(39)54/h18-19,21-23,25,31-32,37,46-48,57,61,64-65H,7-17,20,24,26-30,33-36H2,1-6H3,(H,56,62). The number of rotatable bonds is 17. The molecule has 3 fully saturated rings. The lowest BCUT2D eigenvalue weighted by molar-refractivity contribution is -0.203. The highest BCUT2D eigenvalue weighted by Gasteiger charge is 2.78. The van der Waals surface area contributed by atoms with E-state index in [1.165, 1.54) is 52.1 Å². The van der Waals surface area contributed by atoms with Gasteiger partial charge in [0.2, 0.25) is 0 Å². The number of hydrogen-bond acceptors (Lipinski definition) is 10. The van der Waals surface area contributed by atoms with E-state index in [0.29, 0.717) is 76.0 Å². The zero-order valence-electron chi connectivity index (χ0n) is 41.3. The second kappa shape index (κ2) is 18.8. The molecule has 2 bridgehead atoms. The summed E-state index contributed by atoms with van der Waals surface area (Å²) >= 11 is 0. The molecule has 9 rings (SSSR count). The quantitative estimate of drug-likeness (QED) is 0.0531. The number of piperidine rings is 1. The number of nitrogens with one attached hydrogen (secondary N) is 2. The molecule has 5 N–H and O–H groups in total. The summed E-state index contributed by atoms with van der Waals surface area (Å²) in [4.78, 5) is 41.2.